The molecule has 0 fully saturated rings. The number of methoxy groups -OCH3 is 2. The zero-order chi connectivity index (χ0) is 21.8. The van der Waals surface area contributed by atoms with Crippen molar-refractivity contribution in [3.8, 4) is 11.5 Å². The Labute approximate surface area is 180 Å². The minimum Gasteiger partial charge on any atom is -0.467 e. The third kappa shape index (κ3) is 6.87. The molecule has 5 nitrogen and oxygen atoms in total. The number of benzene rings is 2. The molecule has 2 aromatic carbocycles. The van der Waals surface area contributed by atoms with Gasteiger partial charge in [-0.2, -0.15) is 0 Å². The Morgan fingerprint density at radius 1 is 0.900 bits per heavy atom. The number of hydrogen-bond donors (Lipinski definition) is 1. The minimum absolute atomic E-state index is 0.163. The first-order valence-electron chi connectivity index (χ1n) is 10.3. The fourth-order valence-corrected chi connectivity index (χ4v) is 3.36. The van der Waals surface area contributed by atoms with E-state index < -0.39 is 0 Å². The van der Waals surface area contributed by atoms with Crippen LogP contribution >= 0.6 is 0 Å². The molecule has 0 bridgehead atoms. The molecule has 0 aliphatic heterocycles. The summed E-state index contributed by atoms with van der Waals surface area (Å²) < 4.78 is 21.6. The van der Waals surface area contributed by atoms with Crippen molar-refractivity contribution >= 4 is 5.57 Å². The Morgan fingerprint density at radius 2 is 1.50 bits per heavy atom. The SMILES string of the molecule is COCOc1cc(OCOC)cc(C(C)(C)/C(=C/CCCCO)c2ccccc2)c1. The van der Waals surface area contributed by atoms with Crippen molar-refractivity contribution in [3.05, 3.63) is 65.7 Å². The minimum atomic E-state index is -0.307. The Balaban J connectivity index is 2.46. The predicted octanol–water partition coefficient (Wildman–Crippen LogP) is 5.18. The molecule has 0 saturated heterocycles. The smallest absolute Gasteiger partial charge is 0.188 e. The van der Waals surface area contributed by atoms with E-state index in [0.29, 0.717) is 11.5 Å². The summed E-state index contributed by atoms with van der Waals surface area (Å²) in [4.78, 5) is 0. The fraction of sp³-hybridized carbons (Fsp3) is 0.440. The maximum atomic E-state index is 9.12. The average Bonchev–Trinajstić information content (AvgIpc) is 2.76. The van der Waals surface area contributed by atoms with Crippen LogP contribution in [0.5, 0.6) is 11.5 Å². The molecule has 2 rings (SSSR count). The molecule has 0 spiro atoms. The normalized spacial score (nSPS) is 12.1. The van der Waals surface area contributed by atoms with Gasteiger partial charge >= 0.3 is 0 Å². The summed E-state index contributed by atoms with van der Waals surface area (Å²) in [5.41, 5.74) is 3.16. The topological polar surface area (TPSA) is 57.2 Å². The van der Waals surface area contributed by atoms with E-state index in [0.717, 1.165) is 24.8 Å². The second-order valence-corrected chi connectivity index (χ2v) is 7.62. The van der Waals surface area contributed by atoms with Crippen LogP contribution < -0.4 is 9.47 Å². The van der Waals surface area contributed by atoms with E-state index >= 15 is 0 Å². The summed E-state index contributed by atoms with van der Waals surface area (Å²) >= 11 is 0. The van der Waals surface area contributed by atoms with Gasteiger partial charge < -0.3 is 24.1 Å². The van der Waals surface area contributed by atoms with Crippen molar-refractivity contribution in [2.24, 2.45) is 0 Å². The number of aliphatic hydroxyl groups is 1. The van der Waals surface area contributed by atoms with Crippen LogP contribution in [0.25, 0.3) is 5.57 Å². The average molecular weight is 415 g/mol. The van der Waals surface area contributed by atoms with Gasteiger partial charge in [-0.15, -0.1) is 0 Å². The van der Waals surface area contributed by atoms with E-state index in [1.807, 2.05) is 24.3 Å². The first kappa shape index (κ1) is 23.9. The van der Waals surface area contributed by atoms with Gasteiger partial charge in [0, 0.05) is 32.3 Å². The Morgan fingerprint density at radius 3 is 2.03 bits per heavy atom. The summed E-state index contributed by atoms with van der Waals surface area (Å²) in [6.07, 6.45) is 4.93. The van der Waals surface area contributed by atoms with Gasteiger partial charge in [0.2, 0.25) is 0 Å². The highest BCUT2D eigenvalue weighted by atomic mass is 16.7. The first-order chi connectivity index (χ1) is 14.5. The number of ether oxygens (including phenoxy) is 4. The first-order valence-corrected chi connectivity index (χ1v) is 10.3. The van der Waals surface area contributed by atoms with E-state index in [4.69, 9.17) is 24.1 Å². The van der Waals surface area contributed by atoms with Gasteiger partial charge in [0.05, 0.1) is 0 Å². The van der Waals surface area contributed by atoms with Crippen LogP contribution in [0.1, 0.15) is 44.2 Å². The van der Waals surface area contributed by atoms with Gasteiger partial charge in [-0.05, 0) is 48.1 Å². The van der Waals surface area contributed by atoms with Gasteiger partial charge in [0.25, 0.3) is 0 Å². The monoisotopic (exact) mass is 414 g/mol. The van der Waals surface area contributed by atoms with E-state index in [2.05, 4.69) is 44.2 Å². The summed E-state index contributed by atoms with van der Waals surface area (Å²) in [6, 6.07) is 16.3. The van der Waals surface area contributed by atoms with Gasteiger partial charge in [-0.1, -0.05) is 50.3 Å². The van der Waals surface area contributed by atoms with Gasteiger partial charge in [0.15, 0.2) is 13.6 Å². The second kappa shape index (κ2) is 12.4. The van der Waals surface area contributed by atoms with Crippen molar-refractivity contribution in [1.82, 2.24) is 0 Å². The molecule has 164 valence electrons. The van der Waals surface area contributed by atoms with Crippen molar-refractivity contribution in [3.63, 3.8) is 0 Å². The lowest BCUT2D eigenvalue weighted by molar-refractivity contribution is 0.0459. The van der Waals surface area contributed by atoms with Crippen LogP contribution in [0.2, 0.25) is 0 Å². The molecule has 0 radical (unpaired) electrons. The molecule has 0 saturated carbocycles. The van der Waals surface area contributed by atoms with Gasteiger partial charge in [0.1, 0.15) is 11.5 Å². The molecule has 0 heterocycles. The van der Waals surface area contributed by atoms with Crippen LogP contribution in [-0.2, 0) is 14.9 Å². The molecule has 0 amide bonds. The highest BCUT2D eigenvalue weighted by Crippen LogP contribution is 2.41. The number of allylic oxidation sites excluding steroid dienone is 2. The van der Waals surface area contributed by atoms with Crippen LogP contribution in [0.4, 0.5) is 0 Å². The maximum Gasteiger partial charge on any atom is 0.188 e. The van der Waals surface area contributed by atoms with Crippen LogP contribution in [0.15, 0.2) is 54.6 Å². The van der Waals surface area contributed by atoms with Gasteiger partial charge in [-0.25, -0.2) is 0 Å². The Bertz CT molecular complexity index is 757. The number of rotatable bonds is 13. The highest BCUT2D eigenvalue weighted by molar-refractivity contribution is 5.75. The molecular formula is C25H34O5. The maximum absolute atomic E-state index is 9.12. The summed E-state index contributed by atoms with van der Waals surface area (Å²) in [7, 11) is 3.19. The number of hydrogen-bond acceptors (Lipinski definition) is 5. The Hall–Kier alpha value is -2.34. The van der Waals surface area contributed by atoms with Crippen molar-refractivity contribution in [2.75, 3.05) is 34.4 Å². The van der Waals surface area contributed by atoms with Gasteiger partial charge in [-0.3, -0.25) is 0 Å². The molecule has 0 unspecified atom stereocenters. The Kier molecular flexibility index (Phi) is 9.87. The summed E-state index contributed by atoms with van der Waals surface area (Å²) in [6.45, 7) is 4.95. The molecule has 0 aromatic heterocycles. The van der Waals surface area contributed by atoms with Crippen LogP contribution in [0, 0.1) is 0 Å². The van der Waals surface area contributed by atoms with E-state index in [9.17, 15) is 0 Å². The predicted molar refractivity (Wildman–Crippen MR) is 120 cm³/mol. The lowest BCUT2D eigenvalue weighted by Crippen LogP contribution is -2.20. The number of unbranched alkanes of at least 4 members (excludes halogenated alkanes) is 2. The zero-order valence-electron chi connectivity index (χ0n) is 18.5. The molecule has 0 atom stereocenters. The quantitative estimate of drug-likeness (QED) is 0.362. The third-order valence-electron chi connectivity index (χ3n) is 5.01. The molecule has 0 aliphatic carbocycles. The van der Waals surface area contributed by atoms with E-state index in [-0.39, 0.29) is 25.6 Å². The molecule has 0 aliphatic rings. The number of aliphatic hydroxyl groups excluding tert-OH is 1. The summed E-state index contributed by atoms with van der Waals surface area (Å²) in [5, 5.41) is 9.12. The third-order valence-corrected chi connectivity index (χ3v) is 5.01. The molecule has 1 N–H and O–H groups in total. The molecule has 2 aromatic rings. The lowest BCUT2D eigenvalue weighted by Gasteiger charge is -2.30. The highest BCUT2D eigenvalue weighted by Gasteiger charge is 2.28. The largest absolute Gasteiger partial charge is 0.467 e. The molecule has 30 heavy (non-hydrogen) atoms. The van der Waals surface area contributed by atoms with E-state index in [1.54, 1.807) is 14.2 Å². The fourth-order valence-electron chi connectivity index (χ4n) is 3.36. The van der Waals surface area contributed by atoms with Crippen molar-refractivity contribution < 1.29 is 24.1 Å². The van der Waals surface area contributed by atoms with E-state index in [1.165, 1.54) is 11.1 Å². The second-order valence-electron chi connectivity index (χ2n) is 7.62. The van der Waals surface area contributed by atoms with Crippen LogP contribution in [0.3, 0.4) is 0 Å². The molecule has 5 heteroatoms. The van der Waals surface area contributed by atoms with Crippen molar-refractivity contribution in [2.45, 2.75) is 38.5 Å². The molecular weight excluding hydrogens is 380 g/mol. The van der Waals surface area contributed by atoms with Crippen LogP contribution in [-0.4, -0.2) is 39.5 Å². The zero-order valence-corrected chi connectivity index (χ0v) is 18.5. The standard InChI is InChI=1S/C25H34O5/c1-25(2,24(13-9-6-10-14-26)20-11-7-5-8-12-20)21-15-22(29-18-27-3)17-23(16-21)30-19-28-4/h5,7-8,11-13,15-17,26H,6,9-10,14,18-19H2,1-4H3/b24-13+. The van der Waals surface area contributed by atoms with Crippen molar-refractivity contribution in [1.29, 1.82) is 0 Å². The summed E-state index contributed by atoms with van der Waals surface area (Å²) in [5.74, 6) is 1.36. The lowest BCUT2D eigenvalue weighted by atomic mass is 9.74.